The van der Waals surface area contributed by atoms with Gasteiger partial charge in [-0.15, -0.1) is 0 Å². The lowest BCUT2D eigenvalue weighted by atomic mass is 10.1. The van der Waals surface area contributed by atoms with Crippen LogP contribution in [0.4, 0.5) is 5.69 Å². The fourth-order valence-electron chi connectivity index (χ4n) is 2.46. The first-order valence-corrected chi connectivity index (χ1v) is 7.10. The van der Waals surface area contributed by atoms with Gasteiger partial charge in [-0.05, 0) is 19.1 Å². The van der Waals surface area contributed by atoms with Crippen LogP contribution in [0, 0.1) is 0 Å². The number of quaternary nitrogens is 2. The van der Waals surface area contributed by atoms with E-state index >= 15 is 0 Å². The summed E-state index contributed by atoms with van der Waals surface area (Å²) in [5.74, 6) is 0.0222. The lowest BCUT2D eigenvalue weighted by molar-refractivity contribution is -0.999. The third-order valence-electron chi connectivity index (χ3n) is 3.77. The van der Waals surface area contributed by atoms with Gasteiger partial charge in [0.05, 0.1) is 7.05 Å². The Balaban J connectivity index is 1.88. The molecular weight excluding hydrogens is 254 g/mol. The Labute approximate surface area is 119 Å². The predicted molar refractivity (Wildman–Crippen MR) is 77.3 cm³/mol. The summed E-state index contributed by atoms with van der Waals surface area (Å²) in [5, 5.41) is 2.88. The zero-order valence-electron chi connectivity index (χ0n) is 12.2. The van der Waals surface area contributed by atoms with Crippen LogP contribution >= 0.6 is 0 Å². The highest BCUT2D eigenvalue weighted by Gasteiger charge is 2.22. The number of benzene rings is 1. The molecule has 0 saturated carbocycles. The Morgan fingerprint density at radius 3 is 2.55 bits per heavy atom. The number of hydrogen-bond donors (Lipinski definition) is 3. The van der Waals surface area contributed by atoms with Gasteiger partial charge >= 0.3 is 0 Å². The number of hydrogen-bond acceptors (Lipinski definition) is 2. The summed E-state index contributed by atoms with van der Waals surface area (Å²) in [5.41, 5.74) is 1.32. The molecule has 1 saturated heterocycles. The first-order chi connectivity index (χ1) is 9.54. The average Bonchev–Trinajstić information content (AvgIpc) is 2.41. The van der Waals surface area contributed by atoms with Gasteiger partial charge in [0, 0.05) is 11.3 Å². The summed E-state index contributed by atoms with van der Waals surface area (Å²) in [6.07, 6.45) is 0. The molecule has 0 radical (unpaired) electrons. The molecule has 5 heteroatoms. The fraction of sp³-hybridized carbons (Fsp3) is 0.467. The molecule has 1 fully saturated rings. The molecule has 0 aliphatic carbocycles. The predicted octanol–water partition coefficient (Wildman–Crippen LogP) is -1.76. The number of amides is 1. The summed E-state index contributed by atoms with van der Waals surface area (Å²) in [6.45, 7) is 6.32. The van der Waals surface area contributed by atoms with Crippen LogP contribution in [0.1, 0.15) is 17.3 Å². The van der Waals surface area contributed by atoms with E-state index in [0.717, 1.165) is 26.2 Å². The van der Waals surface area contributed by atoms with Crippen molar-refractivity contribution in [1.82, 2.24) is 0 Å². The standard InChI is InChI=1S/C15H21N3O2/c1-12(19)13-4-3-5-14(10-13)16-15(20)11-18-8-6-17(2)7-9-18/h3-5,10H,6-9,11H2,1-2H3,(H,16,20)/p+2. The maximum Gasteiger partial charge on any atom is 0.279 e. The molecule has 0 unspecified atom stereocenters. The van der Waals surface area contributed by atoms with E-state index in [1.165, 1.54) is 16.7 Å². The topological polar surface area (TPSA) is 55.0 Å². The van der Waals surface area contributed by atoms with Crippen LogP contribution in [0.5, 0.6) is 0 Å². The second-order valence-electron chi connectivity index (χ2n) is 5.57. The van der Waals surface area contributed by atoms with E-state index in [0.29, 0.717) is 17.8 Å². The van der Waals surface area contributed by atoms with Gasteiger partial charge in [-0.2, -0.15) is 0 Å². The first-order valence-electron chi connectivity index (χ1n) is 7.10. The van der Waals surface area contributed by atoms with Crippen LogP contribution in [0.2, 0.25) is 0 Å². The summed E-state index contributed by atoms with van der Waals surface area (Å²) in [6, 6.07) is 7.09. The average molecular weight is 277 g/mol. The zero-order chi connectivity index (χ0) is 14.5. The van der Waals surface area contributed by atoms with Gasteiger partial charge in [-0.1, -0.05) is 12.1 Å². The van der Waals surface area contributed by atoms with Gasteiger partial charge < -0.3 is 15.1 Å². The summed E-state index contributed by atoms with van der Waals surface area (Å²) >= 11 is 0. The van der Waals surface area contributed by atoms with Gasteiger partial charge in [0.25, 0.3) is 5.91 Å². The maximum absolute atomic E-state index is 12.0. The van der Waals surface area contributed by atoms with Crippen molar-refractivity contribution < 1.29 is 19.4 Å². The molecule has 2 rings (SSSR count). The molecule has 3 N–H and O–H groups in total. The number of likely N-dealkylation sites (N-methyl/N-ethyl adjacent to an activating group) is 1. The highest BCUT2D eigenvalue weighted by Crippen LogP contribution is 2.10. The molecule has 1 aromatic carbocycles. The fourth-order valence-corrected chi connectivity index (χ4v) is 2.46. The van der Waals surface area contributed by atoms with E-state index < -0.39 is 0 Å². The van der Waals surface area contributed by atoms with Gasteiger partial charge in [0.2, 0.25) is 0 Å². The molecule has 1 heterocycles. The molecular formula is C15H23N3O2+2. The lowest BCUT2D eigenvalue weighted by Crippen LogP contribution is -3.27. The van der Waals surface area contributed by atoms with Crippen molar-refractivity contribution in [2.45, 2.75) is 6.92 Å². The number of ketones is 1. The Hall–Kier alpha value is -1.72. The van der Waals surface area contributed by atoms with Crippen molar-refractivity contribution in [3.05, 3.63) is 29.8 Å². The third kappa shape index (κ3) is 4.15. The summed E-state index contributed by atoms with van der Waals surface area (Å²) in [4.78, 5) is 26.2. The molecule has 0 aromatic heterocycles. The summed E-state index contributed by atoms with van der Waals surface area (Å²) in [7, 11) is 2.18. The van der Waals surface area contributed by atoms with E-state index in [2.05, 4.69) is 12.4 Å². The van der Waals surface area contributed by atoms with E-state index in [1.807, 2.05) is 6.07 Å². The van der Waals surface area contributed by atoms with Gasteiger partial charge in [0.15, 0.2) is 12.3 Å². The Kier molecular flexibility index (Phi) is 4.87. The number of piperazine rings is 1. The van der Waals surface area contributed by atoms with Crippen LogP contribution in [0.15, 0.2) is 24.3 Å². The summed E-state index contributed by atoms with van der Waals surface area (Å²) < 4.78 is 0. The van der Waals surface area contributed by atoms with Crippen LogP contribution in [0.3, 0.4) is 0 Å². The number of Topliss-reactive ketones (excluding diaryl/α,β-unsaturated/α-hetero) is 1. The van der Waals surface area contributed by atoms with Crippen molar-refractivity contribution in [3.8, 4) is 0 Å². The highest BCUT2D eigenvalue weighted by atomic mass is 16.2. The molecule has 20 heavy (non-hydrogen) atoms. The molecule has 1 aliphatic rings. The smallest absolute Gasteiger partial charge is 0.279 e. The number of anilines is 1. The Morgan fingerprint density at radius 1 is 1.20 bits per heavy atom. The lowest BCUT2D eigenvalue weighted by Gasteiger charge is -2.26. The largest absolute Gasteiger partial charge is 0.328 e. The minimum Gasteiger partial charge on any atom is -0.328 e. The second-order valence-corrected chi connectivity index (χ2v) is 5.57. The maximum atomic E-state index is 12.0. The molecule has 108 valence electrons. The molecule has 0 bridgehead atoms. The second kappa shape index (κ2) is 6.63. The van der Waals surface area contributed by atoms with Crippen LogP contribution < -0.4 is 15.1 Å². The van der Waals surface area contributed by atoms with Crippen molar-refractivity contribution in [2.75, 3.05) is 45.1 Å². The molecule has 1 aliphatic heterocycles. The van der Waals surface area contributed by atoms with Crippen LogP contribution in [-0.2, 0) is 4.79 Å². The molecule has 5 nitrogen and oxygen atoms in total. The molecule has 0 atom stereocenters. The van der Waals surface area contributed by atoms with Crippen LogP contribution in [-0.4, -0.2) is 51.5 Å². The van der Waals surface area contributed by atoms with Gasteiger partial charge in [0.1, 0.15) is 26.2 Å². The highest BCUT2D eigenvalue weighted by molar-refractivity contribution is 5.97. The minimum atomic E-state index is 0.00812. The number of nitrogens with one attached hydrogen (secondary N) is 3. The normalized spacial score (nSPS) is 22.3. The minimum absolute atomic E-state index is 0.00812. The van der Waals surface area contributed by atoms with E-state index in [1.54, 1.807) is 18.2 Å². The first kappa shape index (κ1) is 14.7. The van der Waals surface area contributed by atoms with Crippen LogP contribution in [0.25, 0.3) is 0 Å². The number of rotatable bonds is 4. The molecule has 1 aromatic rings. The van der Waals surface area contributed by atoms with Crippen molar-refractivity contribution in [1.29, 1.82) is 0 Å². The molecule has 0 spiro atoms. The monoisotopic (exact) mass is 277 g/mol. The van der Waals surface area contributed by atoms with E-state index in [4.69, 9.17) is 0 Å². The number of carbonyl (C=O) groups excluding carboxylic acids is 2. The number of carbonyl (C=O) groups is 2. The molecule has 1 amide bonds. The van der Waals surface area contributed by atoms with E-state index in [9.17, 15) is 9.59 Å². The zero-order valence-corrected chi connectivity index (χ0v) is 12.2. The SMILES string of the molecule is CC(=O)c1cccc(NC(=O)C[NH+]2CC[NH+](C)CC2)c1. The third-order valence-corrected chi connectivity index (χ3v) is 3.77. The van der Waals surface area contributed by atoms with Crippen molar-refractivity contribution in [2.24, 2.45) is 0 Å². The Bertz CT molecular complexity index is 494. The quantitative estimate of drug-likeness (QED) is 0.571. The van der Waals surface area contributed by atoms with Gasteiger partial charge in [-0.25, -0.2) is 0 Å². The van der Waals surface area contributed by atoms with E-state index in [-0.39, 0.29) is 11.7 Å². The van der Waals surface area contributed by atoms with Crippen molar-refractivity contribution >= 4 is 17.4 Å². The Morgan fingerprint density at radius 2 is 1.90 bits per heavy atom. The van der Waals surface area contributed by atoms with Gasteiger partial charge in [-0.3, -0.25) is 9.59 Å². The van der Waals surface area contributed by atoms with Crippen molar-refractivity contribution in [3.63, 3.8) is 0 Å².